The zero-order chi connectivity index (χ0) is 24.0. The van der Waals surface area contributed by atoms with E-state index in [2.05, 4.69) is 26.2 Å². The molecular formula is C26H22BrN3O3S. The summed E-state index contributed by atoms with van der Waals surface area (Å²) in [6.07, 6.45) is 4.26. The van der Waals surface area contributed by atoms with Crippen LogP contribution in [0.25, 0.3) is 0 Å². The molecule has 3 aromatic carbocycles. The number of nitrogens with one attached hydrogen (secondary N) is 1. The van der Waals surface area contributed by atoms with Crippen LogP contribution in [0.5, 0.6) is 0 Å². The first-order valence-electron chi connectivity index (χ1n) is 10.5. The number of rotatable bonds is 8. The van der Waals surface area contributed by atoms with E-state index in [0.29, 0.717) is 11.4 Å². The van der Waals surface area contributed by atoms with Gasteiger partial charge in [0.2, 0.25) is 5.91 Å². The van der Waals surface area contributed by atoms with Gasteiger partial charge in [0.1, 0.15) is 6.54 Å². The van der Waals surface area contributed by atoms with Crippen LogP contribution in [0.15, 0.2) is 113 Å². The summed E-state index contributed by atoms with van der Waals surface area (Å²) in [7, 11) is -3.94. The number of halogens is 1. The van der Waals surface area contributed by atoms with Crippen molar-refractivity contribution < 1.29 is 13.2 Å². The summed E-state index contributed by atoms with van der Waals surface area (Å²) < 4.78 is 28.6. The van der Waals surface area contributed by atoms with Crippen molar-refractivity contribution in [2.24, 2.45) is 0 Å². The average Bonchev–Trinajstić information content (AvgIpc) is 2.85. The van der Waals surface area contributed by atoms with Gasteiger partial charge in [-0.05, 0) is 78.2 Å². The van der Waals surface area contributed by atoms with Gasteiger partial charge in [0.05, 0.1) is 10.6 Å². The molecule has 0 aliphatic carbocycles. The maximum atomic E-state index is 13.4. The molecule has 1 N–H and O–H groups in total. The zero-order valence-corrected chi connectivity index (χ0v) is 20.5. The summed E-state index contributed by atoms with van der Waals surface area (Å²) in [5.74, 6) is -0.440. The van der Waals surface area contributed by atoms with Gasteiger partial charge in [0, 0.05) is 22.6 Å². The molecular weight excluding hydrogens is 514 g/mol. The van der Waals surface area contributed by atoms with Gasteiger partial charge in [-0.15, -0.1) is 0 Å². The van der Waals surface area contributed by atoms with E-state index in [1.807, 2.05) is 36.4 Å². The maximum absolute atomic E-state index is 13.4. The Labute approximate surface area is 207 Å². The minimum absolute atomic E-state index is 0.117. The molecule has 172 valence electrons. The van der Waals surface area contributed by atoms with Gasteiger partial charge in [0.25, 0.3) is 10.0 Å². The van der Waals surface area contributed by atoms with E-state index in [1.54, 1.807) is 54.9 Å². The smallest absolute Gasteiger partial charge is 0.264 e. The number of hydrogen-bond donors (Lipinski definition) is 1. The molecule has 0 saturated carbocycles. The van der Waals surface area contributed by atoms with Gasteiger partial charge in [-0.1, -0.05) is 46.3 Å². The molecule has 0 radical (unpaired) electrons. The monoisotopic (exact) mass is 535 g/mol. The number of aromatic nitrogens is 1. The Kier molecular flexibility index (Phi) is 7.40. The second-order valence-electron chi connectivity index (χ2n) is 7.58. The Morgan fingerprint density at radius 2 is 1.44 bits per heavy atom. The lowest BCUT2D eigenvalue weighted by Crippen LogP contribution is -2.38. The molecule has 0 aliphatic rings. The highest BCUT2D eigenvalue weighted by Crippen LogP contribution is 2.25. The SMILES string of the molecule is O=C(CN(c1ccc(Br)cc1)S(=O)(=O)c1ccccc1)Nc1ccc(Cc2ccncc2)cc1. The quantitative estimate of drug-likeness (QED) is 0.333. The Bertz CT molecular complexity index is 1350. The molecule has 1 amide bonds. The fourth-order valence-electron chi connectivity index (χ4n) is 3.42. The first kappa shape index (κ1) is 23.7. The number of amides is 1. The van der Waals surface area contributed by atoms with E-state index in [1.165, 1.54) is 12.1 Å². The number of nitrogens with zero attached hydrogens (tertiary/aromatic N) is 2. The highest BCUT2D eigenvalue weighted by atomic mass is 79.9. The summed E-state index contributed by atoms with van der Waals surface area (Å²) in [4.78, 5) is 17.0. The molecule has 0 fully saturated rings. The van der Waals surface area contributed by atoms with Gasteiger partial charge in [-0.3, -0.25) is 14.1 Å². The van der Waals surface area contributed by atoms with Crippen LogP contribution in [-0.4, -0.2) is 25.9 Å². The molecule has 0 aliphatic heterocycles. The zero-order valence-electron chi connectivity index (χ0n) is 18.1. The highest BCUT2D eigenvalue weighted by molar-refractivity contribution is 9.10. The Balaban J connectivity index is 1.51. The van der Waals surface area contributed by atoms with Gasteiger partial charge in [-0.25, -0.2) is 8.42 Å². The van der Waals surface area contributed by atoms with Crippen LogP contribution in [0.2, 0.25) is 0 Å². The van der Waals surface area contributed by atoms with Crippen LogP contribution in [0.1, 0.15) is 11.1 Å². The van der Waals surface area contributed by atoms with Crippen molar-refractivity contribution in [2.75, 3.05) is 16.2 Å². The maximum Gasteiger partial charge on any atom is 0.264 e. The average molecular weight is 536 g/mol. The van der Waals surface area contributed by atoms with Gasteiger partial charge in [-0.2, -0.15) is 0 Å². The predicted molar refractivity (Wildman–Crippen MR) is 137 cm³/mol. The van der Waals surface area contributed by atoms with E-state index < -0.39 is 15.9 Å². The highest BCUT2D eigenvalue weighted by Gasteiger charge is 2.27. The third kappa shape index (κ3) is 5.89. The van der Waals surface area contributed by atoms with Crippen LogP contribution in [0.3, 0.4) is 0 Å². The minimum Gasteiger partial charge on any atom is -0.325 e. The molecule has 0 bridgehead atoms. The molecule has 34 heavy (non-hydrogen) atoms. The van der Waals surface area contributed by atoms with Crippen molar-refractivity contribution in [1.29, 1.82) is 0 Å². The summed E-state index contributed by atoms with van der Waals surface area (Å²) in [5, 5.41) is 2.80. The molecule has 4 aromatic rings. The molecule has 0 atom stereocenters. The van der Waals surface area contributed by atoms with Crippen LogP contribution in [0, 0.1) is 0 Å². The topological polar surface area (TPSA) is 79.4 Å². The second-order valence-corrected chi connectivity index (χ2v) is 10.4. The van der Waals surface area contributed by atoms with Crippen molar-refractivity contribution in [1.82, 2.24) is 4.98 Å². The van der Waals surface area contributed by atoms with Gasteiger partial charge < -0.3 is 5.32 Å². The number of anilines is 2. The third-order valence-corrected chi connectivity index (χ3v) is 7.45. The molecule has 4 rings (SSSR count). The van der Waals surface area contributed by atoms with Crippen molar-refractivity contribution in [3.63, 3.8) is 0 Å². The lowest BCUT2D eigenvalue weighted by molar-refractivity contribution is -0.114. The van der Waals surface area contributed by atoms with Crippen molar-refractivity contribution >= 4 is 43.2 Å². The summed E-state index contributed by atoms with van der Waals surface area (Å²) >= 11 is 3.36. The molecule has 6 nitrogen and oxygen atoms in total. The van der Waals surface area contributed by atoms with E-state index >= 15 is 0 Å². The van der Waals surface area contributed by atoms with E-state index in [4.69, 9.17) is 0 Å². The standard InChI is InChI=1S/C26H22BrN3O3S/c27-22-8-12-24(13-9-22)30(34(32,33)25-4-2-1-3-5-25)19-26(31)29-23-10-6-20(7-11-23)18-21-14-16-28-17-15-21/h1-17H,18-19H2,(H,29,31). The first-order chi connectivity index (χ1) is 16.4. The van der Waals surface area contributed by atoms with E-state index in [9.17, 15) is 13.2 Å². The van der Waals surface area contributed by atoms with Gasteiger partial charge in [0.15, 0.2) is 0 Å². The molecule has 0 spiro atoms. The number of carbonyl (C=O) groups excluding carboxylic acids is 1. The third-order valence-electron chi connectivity index (χ3n) is 5.13. The largest absolute Gasteiger partial charge is 0.325 e. The summed E-state index contributed by atoms with van der Waals surface area (Å²) in [6, 6.07) is 26.3. The van der Waals surface area contributed by atoms with E-state index in [-0.39, 0.29) is 11.4 Å². The molecule has 8 heteroatoms. The fraction of sp³-hybridized carbons (Fsp3) is 0.0769. The normalized spacial score (nSPS) is 11.1. The van der Waals surface area contributed by atoms with E-state index in [0.717, 1.165) is 26.3 Å². The van der Waals surface area contributed by atoms with Crippen LogP contribution < -0.4 is 9.62 Å². The van der Waals surface area contributed by atoms with Crippen molar-refractivity contribution in [2.45, 2.75) is 11.3 Å². The molecule has 1 heterocycles. The van der Waals surface area contributed by atoms with Gasteiger partial charge >= 0.3 is 0 Å². The summed E-state index contributed by atoms with van der Waals surface area (Å²) in [5.41, 5.74) is 3.22. The van der Waals surface area contributed by atoms with Crippen LogP contribution in [0.4, 0.5) is 11.4 Å². The lowest BCUT2D eigenvalue weighted by Gasteiger charge is -2.24. The number of hydrogen-bond acceptors (Lipinski definition) is 4. The molecule has 1 aromatic heterocycles. The number of sulfonamides is 1. The first-order valence-corrected chi connectivity index (χ1v) is 12.8. The Hall–Kier alpha value is -3.49. The van der Waals surface area contributed by atoms with Crippen molar-refractivity contribution in [3.05, 3.63) is 119 Å². The lowest BCUT2D eigenvalue weighted by atomic mass is 10.1. The fourth-order valence-corrected chi connectivity index (χ4v) is 5.12. The molecule has 0 unspecified atom stereocenters. The predicted octanol–water partition coefficient (Wildman–Crippen LogP) is 5.27. The Morgan fingerprint density at radius 3 is 2.09 bits per heavy atom. The minimum atomic E-state index is -3.94. The van der Waals surface area contributed by atoms with Crippen LogP contribution in [-0.2, 0) is 21.2 Å². The number of benzene rings is 3. The van der Waals surface area contributed by atoms with Crippen LogP contribution >= 0.6 is 15.9 Å². The summed E-state index contributed by atoms with van der Waals surface area (Å²) in [6.45, 7) is -0.363. The van der Waals surface area contributed by atoms with Crippen molar-refractivity contribution in [3.8, 4) is 0 Å². The second kappa shape index (κ2) is 10.6. The number of pyridine rings is 1. The molecule has 0 saturated heterocycles. The number of carbonyl (C=O) groups is 1. The Morgan fingerprint density at radius 1 is 0.824 bits per heavy atom.